The molecule has 1 atom stereocenters. The minimum Gasteiger partial charge on any atom is -0.497 e. The van der Waals surface area contributed by atoms with Crippen molar-refractivity contribution in [2.45, 2.75) is 25.0 Å². The van der Waals surface area contributed by atoms with Gasteiger partial charge in [0.2, 0.25) is 0 Å². The molecule has 1 unspecified atom stereocenters. The van der Waals surface area contributed by atoms with Crippen LogP contribution in [0, 0.1) is 5.82 Å². The number of rotatable bonds is 4. The zero-order valence-electron chi connectivity index (χ0n) is 16.1. The number of benzene rings is 2. The highest BCUT2D eigenvalue weighted by molar-refractivity contribution is 5.95. The second-order valence-electron chi connectivity index (χ2n) is 7.59. The average Bonchev–Trinajstić information content (AvgIpc) is 2.71. The molecule has 5 nitrogen and oxygen atoms in total. The molecule has 2 aromatic carbocycles. The number of carbonyl (C=O) groups is 1. The Labute approximate surface area is 164 Å². The van der Waals surface area contributed by atoms with Gasteiger partial charge in [-0.25, -0.2) is 4.39 Å². The minimum atomic E-state index is -0.412. The average molecular weight is 384 g/mol. The number of carbonyl (C=O) groups excluding carboxylic acids is 1. The Kier molecular flexibility index (Phi) is 5.33. The van der Waals surface area contributed by atoms with Gasteiger partial charge >= 0.3 is 0 Å². The Balaban J connectivity index is 1.48. The number of amides is 1. The Morgan fingerprint density at radius 3 is 2.75 bits per heavy atom. The highest BCUT2D eigenvalue weighted by atomic mass is 19.1. The van der Waals surface area contributed by atoms with Crippen LogP contribution in [0.4, 0.5) is 10.1 Å². The third-order valence-electron chi connectivity index (χ3n) is 5.55. The molecule has 2 aliphatic heterocycles. The van der Waals surface area contributed by atoms with Crippen molar-refractivity contribution in [1.82, 2.24) is 4.90 Å². The fraction of sp³-hybridized carbons (Fsp3) is 0.409. The number of methoxy groups -OCH3 is 1. The van der Waals surface area contributed by atoms with Crippen molar-refractivity contribution in [2.24, 2.45) is 0 Å². The minimum absolute atomic E-state index is 0.0346. The number of ether oxygens (including phenoxy) is 2. The van der Waals surface area contributed by atoms with E-state index in [1.165, 1.54) is 17.7 Å². The molecule has 148 valence electrons. The summed E-state index contributed by atoms with van der Waals surface area (Å²) in [7, 11) is 1.66. The summed E-state index contributed by atoms with van der Waals surface area (Å²) in [5.74, 6) is 0.387. The quantitative estimate of drug-likeness (QED) is 0.812. The molecular formula is C22H25FN2O3. The van der Waals surface area contributed by atoms with Crippen LogP contribution in [0.3, 0.4) is 0 Å². The zero-order valence-corrected chi connectivity index (χ0v) is 16.1. The van der Waals surface area contributed by atoms with Gasteiger partial charge in [0.05, 0.1) is 19.3 Å². The molecule has 1 spiro atoms. The van der Waals surface area contributed by atoms with Crippen molar-refractivity contribution >= 4 is 11.6 Å². The van der Waals surface area contributed by atoms with Crippen molar-refractivity contribution in [2.75, 3.05) is 38.3 Å². The summed E-state index contributed by atoms with van der Waals surface area (Å²) in [5.41, 5.74) is 1.40. The SMILES string of the molecule is COc1ccc(CN2CCCC3(C2)CN(c2cccc(F)c2)C(=O)CO3)cc1. The largest absolute Gasteiger partial charge is 0.497 e. The summed E-state index contributed by atoms with van der Waals surface area (Å²) in [6.07, 6.45) is 1.90. The topological polar surface area (TPSA) is 42.0 Å². The molecule has 2 aromatic rings. The van der Waals surface area contributed by atoms with E-state index in [0.29, 0.717) is 12.2 Å². The van der Waals surface area contributed by atoms with Crippen LogP contribution in [0.15, 0.2) is 48.5 Å². The van der Waals surface area contributed by atoms with Crippen molar-refractivity contribution in [3.63, 3.8) is 0 Å². The fourth-order valence-corrected chi connectivity index (χ4v) is 4.16. The first-order chi connectivity index (χ1) is 13.6. The van der Waals surface area contributed by atoms with Gasteiger partial charge in [-0.05, 0) is 55.3 Å². The summed E-state index contributed by atoms with van der Waals surface area (Å²) in [6, 6.07) is 14.3. The number of hydrogen-bond acceptors (Lipinski definition) is 4. The number of piperidine rings is 1. The molecule has 28 heavy (non-hydrogen) atoms. The van der Waals surface area contributed by atoms with Gasteiger partial charge in [0.1, 0.15) is 18.2 Å². The van der Waals surface area contributed by atoms with Crippen LogP contribution in [0.2, 0.25) is 0 Å². The van der Waals surface area contributed by atoms with E-state index >= 15 is 0 Å². The van der Waals surface area contributed by atoms with E-state index in [2.05, 4.69) is 17.0 Å². The molecule has 2 fully saturated rings. The van der Waals surface area contributed by atoms with Crippen molar-refractivity contribution in [3.05, 3.63) is 59.9 Å². The van der Waals surface area contributed by atoms with Gasteiger partial charge in [0, 0.05) is 18.8 Å². The molecule has 0 saturated carbocycles. The molecule has 6 heteroatoms. The standard InChI is InChI=1S/C22H25FN2O3/c1-27-20-8-6-17(7-9-20)13-24-11-3-10-22(15-24)16-25(21(26)14-28-22)19-5-2-4-18(23)12-19/h2,4-9,12H,3,10-11,13-16H2,1H3. The number of halogens is 1. The maximum Gasteiger partial charge on any atom is 0.253 e. The summed E-state index contributed by atoms with van der Waals surface area (Å²) < 4.78 is 24.9. The monoisotopic (exact) mass is 384 g/mol. The molecule has 0 radical (unpaired) electrons. The van der Waals surface area contributed by atoms with E-state index in [4.69, 9.17) is 9.47 Å². The predicted octanol–water partition coefficient (Wildman–Crippen LogP) is 3.23. The van der Waals surface area contributed by atoms with Gasteiger partial charge in [0.25, 0.3) is 5.91 Å². The Hall–Kier alpha value is -2.44. The van der Waals surface area contributed by atoms with Gasteiger partial charge in [0.15, 0.2) is 0 Å². The van der Waals surface area contributed by atoms with E-state index in [-0.39, 0.29) is 18.3 Å². The summed E-state index contributed by atoms with van der Waals surface area (Å²) in [4.78, 5) is 16.5. The molecular weight excluding hydrogens is 359 g/mol. The maximum atomic E-state index is 13.7. The predicted molar refractivity (Wildman–Crippen MR) is 105 cm³/mol. The Morgan fingerprint density at radius 1 is 1.18 bits per heavy atom. The summed E-state index contributed by atoms with van der Waals surface area (Å²) in [6.45, 7) is 3.05. The molecule has 2 heterocycles. The van der Waals surface area contributed by atoms with Crippen molar-refractivity contribution in [3.8, 4) is 5.75 Å². The number of hydrogen-bond donors (Lipinski definition) is 0. The van der Waals surface area contributed by atoms with E-state index in [1.54, 1.807) is 24.1 Å². The maximum absolute atomic E-state index is 13.7. The summed E-state index contributed by atoms with van der Waals surface area (Å²) >= 11 is 0. The van der Waals surface area contributed by atoms with Gasteiger partial charge in [-0.2, -0.15) is 0 Å². The van der Waals surface area contributed by atoms with Gasteiger partial charge < -0.3 is 14.4 Å². The molecule has 4 rings (SSSR count). The van der Waals surface area contributed by atoms with Crippen molar-refractivity contribution < 1.29 is 18.7 Å². The van der Waals surface area contributed by atoms with Crippen LogP contribution in [0.5, 0.6) is 5.75 Å². The second kappa shape index (κ2) is 7.89. The molecule has 1 amide bonds. The van der Waals surface area contributed by atoms with Crippen molar-refractivity contribution in [1.29, 1.82) is 0 Å². The lowest BCUT2D eigenvalue weighted by Gasteiger charge is -2.47. The molecule has 0 bridgehead atoms. The molecule has 2 saturated heterocycles. The number of likely N-dealkylation sites (tertiary alicyclic amines) is 1. The highest BCUT2D eigenvalue weighted by Crippen LogP contribution is 2.32. The Morgan fingerprint density at radius 2 is 2.00 bits per heavy atom. The third-order valence-corrected chi connectivity index (χ3v) is 5.55. The van der Waals surface area contributed by atoms with Crippen LogP contribution in [-0.2, 0) is 16.1 Å². The number of anilines is 1. The van der Waals surface area contributed by atoms with E-state index in [0.717, 1.165) is 38.2 Å². The normalized spacial score (nSPS) is 23.2. The second-order valence-corrected chi connectivity index (χ2v) is 7.59. The highest BCUT2D eigenvalue weighted by Gasteiger charge is 2.43. The van der Waals surface area contributed by atoms with Gasteiger partial charge in [-0.3, -0.25) is 9.69 Å². The van der Waals surface area contributed by atoms with Crippen LogP contribution >= 0.6 is 0 Å². The molecule has 0 aliphatic carbocycles. The van der Waals surface area contributed by atoms with E-state index in [1.807, 2.05) is 12.1 Å². The van der Waals surface area contributed by atoms with Crippen LogP contribution < -0.4 is 9.64 Å². The zero-order chi connectivity index (χ0) is 19.6. The van der Waals surface area contributed by atoms with Gasteiger partial charge in [-0.15, -0.1) is 0 Å². The first-order valence-corrected chi connectivity index (χ1v) is 9.62. The van der Waals surface area contributed by atoms with Crippen LogP contribution in [0.1, 0.15) is 18.4 Å². The number of nitrogens with zero attached hydrogens (tertiary/aromatic N) is 2. The van der Waals surface area contributed by atoms with E-state index < -0.39 is 5.60 Å². The lowest BCUT2D eigenvalue weighted by molar-refractivity contribution is -0.146. The van der Waals surface area contributed by atoms with E-state index in [9.17, 15) is 9.18 Å². The Bertz CT molecular complexity index is 842. The third kappa shape index (κ3) is 4.03. The smallest absolute Gasteiger partial charge is 0.253 e. The lowest BCUT2D eigenvalue weighted by Crippen LogP contribution is -2.61. The summed E-state index contributed by atoms with van der Waals surface area (Å²) in [5, 5.41) is 0. The molecule has 0 aromatic heterocycles. The lowest BCUT2D eigenvalue weighted by atomic mass is 9.90. The van der Waals surface area contributed by atoms with Gasteiger partial charge in [-0.1, -0.05) is 18.2 Å². The molecule has 0 N–H and O–H groups in total. The van der Waals surface area contributed by atoms with Crippen LogP contribution in [0.25, 0.3) is 0 Å². The first-order valence-electron chi connectivity index (χ1n) is 9.62. The number of morpholine rings is 1. The van der Waals surface area contributed by atoms with Crippen LogP contribution in [-0.4, -0.2) is 49.8 Å². The first kappa shape index (κ1) is 18.9. The fourth-order valence-electron chi connectivity index (χ4n) is 4.16. The molecule has 2 aliphatic rings.